The average Bonchev–Trinajstić information content (AvgIpc) is 3.58. The normalized spacial score (nSPS) is 12.4. The van der Waals surface area contributed by atoms with E-state index in [1.54, 1.807) is 0 Å². The Hall–Kier alpha value is -7.22. The summed E-state index contributed by atoms with van der Waals surface area (Å²) in [5.41, 5.74) is 20.3. The number of rotatable bonds is 8. The smallest absolute Gasteiger partial charge is 0.0714 e. The van der Waals surface area contributed by atoms with Crippen LogP contribution in [0.15, 0.2) is 224 Å². The molecule has 0 radical (unpaired) electrons. The topological polar surface area (TPSA) is 3.24 Å². The number of fused-ring (bicyclic) bond motifs is 3. The molecule has 0 heterocycles. The number of hydrogen-bond acceptors (Lipinski definition) is 1. The molecule has 0 saturated carbocycles. The minimum absolute atomic E-state index is 0.503. The maximum absolute atomic E-state index is 2.46. The molecule has 0 unspecified atom stereocenters. The molecule has 0 spiro atoms. The van der Waals surface area contributed by atoms with Gasteiger partial charge in [-0.3, -0.25) is 0 Å². The van der Waals surface area contributed by atoms with Gasteiger partial charge in [0.25, 0.3) is 0 Å². The van der Waals surface area contributed by atoms with Crippen LogP contribution in [0.4, 0.5) is 17.1 Å². The van der Waals surface area contributed by atoms with Crippen LogP contribution in [-0.4, -0.2) is 0 Å². The van der Waals surface area contributed by atoms with Crippen LogP contribution in [0.3, 0.4) is 0 Å². The summed E-state index contributed by atoms with van der Waals surface area (Å²) in [6.45, 7) is 4.34. The standard InChI is InChI=1S/C57H43N/c1-40-21-29-46(30-22-40)57(47-31-23-41(2)24-32-47)55-20-12-11-19-53(55)54-38-37-50(39-56(54)57)58(48-33-25-43(26-34-48)42-13-5-3-6-14-42)49-35-27-45(28-36-49)52-18-10-9-17-51(52)44-15-7-4-8-16-44/h3-39H,1-2H3. The van der Waals surface area contributed by atoms with Gasteiger partial charge in [-0.15, -0.1) is 0 Å². The predicted molar refractivity (Wildman–Crippen MR) is 244 cm³/mol. The molecule has 0 fully saturated rings. The largest absolute Gasteiger partial charge is 0.310 e. The SMILES string of the molecule is Cc1ccc(C2(c3ccc(C)cc3)c3ccccc3-c3ccc(N(c4ccc(-c5ccccc5)cc4)c4ccc(-c5ccccc5-c5ccccc5)cc4)cc32)cc1. The van der Waals surface area contributed by atoms with Crippen molar-refractivity contribution in [2.45, 2.75) is 19.3 Å². The van der Waals surface area contributed by atoms with Gasteiger partial charge in [0.2, 0.25) is 0 Å². The maximum Gasteiger partial charge on any atom is 0.0714 e. The van der Waals surface area contributed by atoms with Crippen LogP contribution in [0, 0.1) is 13.8 Å². The molecule has 1 heteroatoms. The number of anilines is 3. The van der Waals surface area contributed by atoms with Crippen molar-refractivity contribution in [1.82, 2.24) is 0 Å². The highest BCUT2D eigenvalue weighted by Gasteiger charge is 2.46. The molecule has 9 aromatic rings. The maximum atomic E-state index is 2.46. The number of aryl methyl sites for hydroxylation is 2. The Labute approximate surface area is 342 Å². The zero-order valence-corrected chi connectivity index (χ0v) is 32.8. The molecule has 10 rings (SSSR count). The summed E-state index contributed by atoms with van der Waals surface area (Å²) in [7, 11) is 0. The third-order valence-electron chi connectivity index (χ3n) is 11.9. The first kappa shape index (κ1) is 35.2. The summed E-state index contributed by atoms with van der Waals surface area (Å²) in [4.78, 5) is 2.42. The molecular formula is C57H43N. The van der Waals surface area contributed by atoms with Crippen molar-refractivity contribution < 1.29 is 0 Å². The Morgan fingerprint density at radius 1 is 0.293 bits per heavy atom. The molecule has 0 aromatic heterocycles. The first-order chi connectivity index (χ1) is 28.6. The second kappa shape index (κ2) is 14.7. The van der Waals surface area contributed by atoms with Gasteiger partial charge in [0.1, 0.15) is 0 Å². The fourth-order valence-electron chi connectivity index (χ4n) is 9.08. The van der Waals surface area contributed by atoms with E-state index >= 15 is 0 Å². The number of hydrogen-bond donors (Lipinski definition) is 0. The van der Waals surface area contributed by atoms with Crippen molar-refractivity contribution in [2.75, 3.05) is 4.90 Å². The van der Waals surface area contributed by atoms with E-state index in [1.807, 2.05) is 0 Å². The van der Waals surface area contributed by atoms with Crippen molar-refractivity contribution in [1.29, 1.82) is 0 Å². The second-order valence-electron chi connectivity index (χ2n) is 15.5. The van der Waals surface area contributed by atoms with Crippen molar-refractivity contribution in [2.24, 2.45) is 0 Å². The zero-order valence-electron chi connectivity index (χ0n) is 32.8. The van der Waals surface area contributed by atoms with E-state index in [9.17, 15) is 0 Å². The van der Waals surface area contributed by atoms with Gasteiger partial charge in [0.05, 0.1) is 5.41 Å². The average molecular weight is 742 g/mol. The van der Waals surface area contributed by atoms with E-state index < -0.39 is 5.41 Å². The van der Waals surface area contributed by atoms with E-state index in [4.69, 9.17) is 0 Å². The van der Waals surface area contributed by atoms with E-state index in [-0.39, 0.29) is 0 Å². The Morgan fingerprint density at radius 2 is 0.690 bits per heavy atom. The minimum atomic E-state index is -0.503. The summed E-state index contributed by atoms with van der Waals surface area (Å²) in [6, 6.07) is 82.6. The highest BCUT2D eigenvalue weighted by Crippen LogP contribution is 2.57. The highest BCUT2D eigenvalue weighted by atomic mass is 15.1. The van der Waals surface area contributed by atoms with Gasteiger partial charge in [0, 0.05) is 17.1 Å². The van der Waals surface area contributed by atoms with Crippen molar-refractivity contribution in [3.05, 3.63) is 258 Å². The molecule has 0 amide bonds. The van der Waals surface area contributed by atoms with Crippen molar-refractivity contribution in [3.8, 4) is 44.5 Å². The van der Waals surface area contributed by atoms with Crippen LogP contribution in [0.1, 0.15) is 33.4 Å². The van der Waals surface area contributed by atoms with Crippen LogP contribution in [-0.2, 0) is 5.41 Å². The van der Waals surface area contributed by atoms with E-state index in [2.05, 4.69) is 243 Å². The minimum Gasteiger partial charge on any atom is -0.310 e. The molecule has 0 aliphatic heterocycles. The van der Waals surface area contributed by atoms with Crippen LogP contribution in [0.2, 0.25) is 0 Å². The Balaban J connectivity index is 1.16. The van der Waals surface area contributed by atoms with Crippen molar-refractivity contribution >= 4 is 17.1 Å². The molecule has 1 aliphatic carbocycles. The monoisotopic (exact) mass is 741 g/mol. The fourth-order valence-corrected chi connectivity index (χ4v) is 9.08. The molecule has 276 valence electrons. The molecule has 58 heavy (non-hydrogen) atoms. The van der Waals surface area contributed by atoms with Crippen LogP contribution in [0.5, 0.6) is 0 Å². The van der Waals surface area contributed by atoms with Crippen molar-refractivity contribution in [3.63, 3.8) is 0 Å². The summed E-state index contributed by atoms with van der Waals surface area (Å²) >= 11 is 0. The summed E-state index contributed by atoms with van der Waals surface area (Å²) in [6.07, 6.45) is 0. The first-order valence-electron chi connectivity index (χ1n) is 20.2. The zero-order chi connectivity index (χ0) is 39.1. The van der Waals surface area contributed by atoms with Gasteiger partial charge >= 0.3 is 0 Å². The summed E-state index contributed by atoms with van der Waals surface area (Å²) in [5.74, 6) is 0. The molecule has 0 saturated heterocycles. The van der Waals surface area contributed by atoms with Gasteiger partial charge in [-0.05, 0) is 117 Å². The molecule has 0 atom stereocenters. The Bertz CT molecular complexity index is 2810. The van der Waals surface area contributed by atoms with Gasteiger partial charge in [0.15, 0.2) is 0 Å². The summed E-state index contributed by atoms with van der Waals surface area (Å²) in [5, 5.41) is 0. The lowest BCUT2D eigenvalue weighted by atomic mass is 9.67. The molecule has 0 N–H and O–H groups in total. The van der Waals surface area contributed by atoms with Gasteiger partial charge in [-0.25, -0.2) is 0 Å². The first-order valence-corrected chi connectivity index (χ1v) is 20.2. The second-order valence-corrected chi connectivity index (χ2v) is 15.5. The van der Waals surface area contributed by atoms with Crippen LogP contribution < -0.4 is 4.90 Å². The molecular weight excluding hydrogens is 699 g/mol. The number of benzene rings is 9. The quantitative estimate of drug-likeness (QED) is 0.150. The fraction of sp³-hybridized carbons (Fsp3) is 0.0526. The molecule has 9 aromatic carbocycles. The third kappa shape index (κ3) is 6.04. The van der Waals surface area contributed by atoms with E-state index in [0.717, 1.165) is 17.1 Å². The Morgan fingerprint density at radius 3 is 1.24 bits per heavy atom. The van der Waals surface area contributed by atoms with Gasteiger partial charge < -0.3 is 4.90 Å². The van der Waals surface area contributed by atoms with Gasteiger partial charge in [-0.1, -0.05) is 199 Å². The van der Waals surface area contributed by atoms with E-state index in [1.165, 1.54) is 77.9 Å². The lowest BCUT2D eigenvalue weighted by Gasteiger charge is -2.35. The highest BCUT2D eigenvalue weighted by molar-refractivity contribution is 5.90. The van der Waals surface area contributed by atoms with Crippen LogP contribution >= 0.6 is 0 Å². The lowest BCUT2D eigenvalue weighted by Crippen LogP contribution is -2.29. The van der Waals surface area contributed by atoms with Gasteiger partial charge in [-0.2, -0.15) is 0 Å². The summed E-state index contributed by atoms with van der Waals surface area (Å²) < 4.78 is 0. The van der Waals surface area contributed by atoms with E-state index in [0.29, 0.717) is 0 Å². The molecule has 1 aliphatic rings. The third-order valence-corrected chi connectivity index (χ3v) is 11.9. The molecule has 1 nitrogen and oxygen atoms in total. The Kier molecular flexibility index (Phi) is 8.92. The molecule has 0 bridgehead atoms. The lowest BCUT2D eigenvalue weighted by molar-refractivity contribution is 0.767. The predicted octanol–water partition coefficient (Wildman–Crippen LogP) is 15.1. The number of nitrogens with zero attached hydrogens (tertiary/aromatic N) is 1. The van der Waals surface area contributed by atoms with Crippen LogP contribution in [0.25, 0.3) is 44.5 Å².